The Kier molecular flexibility index (Phi) is 5.19. The lowest BCUT2D eigenvalue weighted by molar-refractivity contribution is -0.308. The Bertz CT molecular complexity index is 466. The second-order valence-corrected chi connectivity index (χ2v) is 3.40. The first-order valence-corrected chi connectivity index (χ1v) is 5.12. The number of hydrogen-bond donors (Lipinski definition) is 2. The number of alkyl halides is 2. The zero-order valence-electron chi connectivity index (χ0n) is 9.51. The maximum absolute atomic E-state index is 12.1. The molecule has 1 aromatic rings. The highest BCUT2D eigenvalue weighted by Gasteiger charge is 2.18. The highest BCUT2D eigenvalue weighted by molar-refractivity contribution is 5.98. The third-order valence-corrected chi connectivity index (χ3v) is 2.12. The fourth-order valence-electron chi connectivity index (χ4n) is 1.27. The Morgan fingerprint density at radius 1 is 1.37 bits per heavy atom. The molecule has 8 heteroatoms. The highest BCUT2D eigenvalue weighted by Crippen LogP contribution is 2.20. The van der Waals surface area contributed by atoms with Gasteiger partial charge in [0.15, 0.2) is 0 Å². The van der Waals surface area contributed by atoms with Crippen LogP contribution in [0.5, 0.6) is 5.75 Å². The van der Waals surface area contributed by atoms with Crippen molar-refractivity contribution in [3.8, 4) is 5.75 Å². The number of carbonyl (C=O) groups is 2. The van der Waals surface area contributed by atoms with Crippen molar-refractivity contribution in [1.82, 2.24) is 5.32 Å². The monoisotopic (exact) mass is 274 g/mol. The SMILES string of the molecule is O=C(N[C@H](CO)C(=O)[O-])c1ccccc1OC(F)F. The van der Waals surface area contributed by atoms with Crippen LogP contribution in [0.1, 0.15) is 10.4 Å². The molecule has 0 unspecified atom stereocenters. The quantitative estimate of drug-likeness (QED) is 0.702. The number of rotatable bonds is 6. The van der Waals surface area contributed by atoms with Crippen LogP contribution >= 0.6 is 0 Å². The van der Waals surface area contributed by atoms with Crippen molar-refractivity contribution < 1.29 is 33.3 Å². The van der Waals surface area contributed by atoms with Gasteiger partial charge in [-0.05, 0) is 12.1 Å². The van der Waals surface area contributed by atoms with E-state index in [1.807, 2.05) is 5.32 Å². The van der Waals surface area contributed by atoms with Gasteiger partial charge >= 0.3 is 6.61 Å². The molecule has 1 amide bonds. The zero-order chi connectivity index (χ0) is 14.4. The molecule has 0 heterocycles. The minimum Gasteiger partial charge on any atom is -0.548 e. The average molecular weight is 274 g/mol. The molecule has 1 rings (SSSR count). The van der Waals surface area contributed by atoms with Gasteiger partial charge in [0.05, 0.1) is 24.2 Å². The number of aliphatic hydroxyl groups is 1. The standard InChI is InChI=1S/C11H11F2NO5/c12-11(13)19-8-4-2-1-3-6(8)9(16)14-7(5-15)10(17)18/h1-4,7,11,15H,5H2,(H,14,16)(H,17,18)/p-1/t7-/m1/s1. The normalized spacial score (nSPS) is 12.0. The second kappa shape index (κ2) is 6.64. The van der Waals surface area contributed by atoms with Crippen LogP contribution in [0.4, 0.5) is 8.78 Å². The molecule has 0 aliphatic rings. The van der Waals surface area contributed by atoms with Crippen LogP contribution < -0.4 is 15.2 Å². The van der Waals surface area contributed by atoms with Crippen molar-refractivity contribution in [3.05, 3.63) is 29.8 Å². The van der Waals surface area contributed by atoms with Crippen LogP contribution in [0, 0.1) is 0 Å². The molecule has 1 atom stereocenters. The predicted octanol–water partition coefficient (Wildman–Crippen LogP) is -0.871. The summed E-state index contributed by atoms with van der Waals surface area (Å²) in [5.41, 5.74) is -0.275. The fourth-order valence-corrected chi connectivity index (χ4v) is 1.27. The number of carbonyl (C=O) groups excluding carboxylic acids is 2. The summed E-state index contributed by atoms with van der Waals surface area (Å²) in [6.45, 7) is -4.00. The van der Waals surface area contributed by atoms with Crippen LogP contribution in [0.25, 0.3) is 0 Å². The van der Waals surface area contributed by atoms with Crippen molar-refractivity contribution >= 4 is 11.9 Å². The first-order valence-electron chi connectivity index (χ1n) is 5.12. The summed E-state index contributed by atoms with van der Waals surface area (Å²) in [4.78, 5) is 22.2. The first kappa shape index (κ1) is 14.8. The molecule has 0 aliphatic carbocycles. The molecule has 0 fully saturated rings. The summed E-state index contributed by atoms with van der Waals surface area (Å²) in [5.74, 6) is -3.06. The minimum atomic E-state index is -3.12. The summed E-state index contributed by atoms with van der Waals surface area (Å²) < 4.78 is 28.4. The lowest BCUT2D eigenvalue weighted by Gasteiger charge is -2.18. The minimum absolute atomic E-state index is 0.275. The molecule has 0 aliphatic heterocycles. The Balaban J connectivity index is 2.90. The summed E-state index contributed by atoms with van der Waals surface area (Å²) in [6, 6.07) is 3.44. The van der Waals surface area contributed by atoms with Crippen LogP contribution in [-0.2, 0) is 4.79 Å². The van der Waals surface area contributed by atoms with E-state index < -0.39 is 36.9 Å². The van der Waals surface area contributed by atoms with Crippen LogP contribution in [0.2, 0.25) is 0 Å². The molecule has 0 bridgehead atoms. The van der Waals surface area contributed by atoms with Gasteiger partial charge in [0.2, 0.25) is 0 Å². The van der Waals surface area contributed by atoms with Gasteiger partial charge in [-0.1, -0.05) is 12.1 Å². The van der Waals surface area contributed by atoms with Gasteiger partial charge in [-0.15, -0.1) is 0 Å². The van der Waals surface area contributed by atoms with E-state index in [1.165, 1.54) is 18.2 Å². The Hall–Kier alpha value is -2.22. The van der Waals surface area contributed by atoms with E-state index in [-0.39, 0.29) is 5.56 Å². The van der Waals surface area contributed by atoms with Gasteiger partial charge in [-0.2, -0.15) is 8.78 Å². The zero-order valence-corrected chi connectivity index (χ0v) is 9.51. The molecule has 0 radical (unpaired) electrons. The Morgan fingerprint density at radius 3 is 2.53 bits per heavy atom. The molecular formula is C11H10F2NO5-. The number of carboxylic acids is 1. The molecule has 0 saturated carbocycles. The largest absolute Gasteiger partial charge is 0.548 e. The summed E-state index contributed by atoms with van der Waals surface area (Å²) in [6.07, 6.45) is 0. The summed E-state index contributed by atoms with van der Waals surface area (Å²) >= 11 is 0. The van der Waals surface area contributed by atoms with Crippen LogP contribution in [-0.4, -0.2) is 36.2 Å². The number of aliphatic carboxylic acids is 1. The summed E-state index contributed by atoms with van der Waals surface area (Å²) in [7, 11) is 0. The fraction of sp³-hybridized carbons (Fsp3) is 0.273. The third kappa shape index (κ3) is 4.18. The van der Waals surface area contributed by atoms with Crippen LogP contribution in [0.3, 0.4) is 0 Å². The van der Waals surface area contributed by atoms with E-state index >= 15 is 0 Å². The van der Waals surface area contributed by atoms with Gasteiger partial charge in [0, 0.05) is 0 Å². The molecule has 6 nitrogen and oxygen atoms in total. The molecule has 2 N–H and O–H groups in total. The highest BCUT2D eigenvalue weighted by atomic mass is 19.3. The summed E-state index contributed by atoms with van der Waals surface area (Å²) in [5, 5.41) is 21.2. The molecule has 1 aromatic carbocycles. The topological polar surface area (TPSA) is 98.7 Å². The third-order valence-electron chi connectivity index (χ3n) is 2.12. The first-order chi connectivity index (χ1) is 8.95. The van der Waals surface area contributed by atoms with Crippen molar-refractivity contribution in [2.45, 2.75) is 12.7 Å². The maximum Gasteiger partial charge on any atom is 0.387 e. The van der Waals surface area contributed by atoms with E-state index in [4.69, 9.17) is 5.11 Å². The number of ether oxygens (including phenoxy) is 1. The van der Waals surface area contributed by atoms with Crippen molar-refractivity contribution in [3.63, 3.8) is 0 Å². The number of hydrogen-bond acceptors (Lipinski definition) is 5. The van der Waals surface area contributed by atoms with E-state index in [0.717, 1.165) is 6.07 Å². The van der Waals surface area contributed by atoms with Crippen LogP contribution in [0.15, 0.2) is 24.3 Å². The van der Waals surface area contributed by atoms with Gasteiger partial charge < -0.3 is 25.1 Å². The molecule has 104 valence electrons. The number of aliphatic hydroxyl groups excluding tert-OH is 1. The van der Waals surface area contributed by atoms with Gasteiger partial charge in [0.1, 0.15) is 5.75 Å². The van der Waals surface area contributed by atoms with Gasteiger partial charge in [-0.25, -0.2) is 0 Å². The Morgan fingerprint density at radius 2 is 2.00 bits per heavy atom. The van der Waals surface area contributed by atoms with E-state index in [0.29, 0.717) is 0 Å². The number of benzene rings is 1. The number of halogens is 2. The number of carboxylic acid groups (broad SMARTS) is 1. The van der Waals surface area contributed by atoms with Crippen molar-refractivity contribution in [2.75, 3.05) is 6.61 Å². The molecular weight excluding hydrogens is 264 g/mol. The lowest BCUT2D eigenvalue weighted by atomic mass is 10.1. The van der Waals surface area contributed by atoms with Crippen molar-refractivity contribution in [2.24, 2.45) is 0 Å². The predicted molar refractivity (Wildman–Crippen MR) is 56.4 cm³/mol. The van der Waals surface area contributed by atoms with Gasteiger partial charge in [0.25, 0.3) is 5.91 Å². The molecule has 19 heavy (non-hydrogen) atoms. The smallest absolute Gasteiger partial charge is 0.387 e. The number of amides is 1. The Labute approximate surface area is 106 Å². The average Bonchev–Trinajstić information content (AvgIpc) is 2.35. The molecule has 0 saturated heterocycles. The number of nitrogens with one attached hydrogen (secondary N) is 1. The van der Waals surface area contributed by atoms with E-state index in [9.17, 15) is 23.5 Å². The molecule has 0 aromatic heterocycles. The maximum atomic E-state index is 12.1. The van der Waals surface area contributed by atoms with E-state index in [2.05, 4.69) is 4.74 Å². The van der Waals surface area contributed by atoms with E-state index in [1.54, 1.807) is 0 Å². The second-order valence-electron chi connectivity index (χ2n) is 3.40. The van der Waals surface area contributed by atoms with Crippen molar-refractivity contribution in [1.29, 1.82) is 0 Å². The van der Waals surface area contributed by atoms with Gasteiger partial charge in [-0.3, -0.25) is 4.79 Å². The number of para-hydroxylation sites is 1. The molecule has 0 spiro atoms. The lowest BCUT2D eigenvalue weighted by Crippen LogP contribution is -2.50.